The molecular weight excluding hydrogens is 697 g/mol. The molecule has 0 unspecified atom stereocenters. The van der Waals surface area contributed by atoms with E-state index in [4.69, 9.17) is 14.2 Å². The molecule has 0 heterocycles. The van der Waals surface area contributed by atoms with Crippen LogP contribution in [0, 0.1) is 5.92 Å². The van der Waals surface area contributed by atoms with Crippen LogP contribution < -0.4 is 0 Å². The fourth-order valence-corrected chi connectivity index (χ4v) is 7.51. The zero-order valence-electron chi connectivity index (χ0n) is 38.1. The van der Waals surface area contributed by atoms with Gasteiger partial charge in [-0.1, -0.05) is 240 Å². The minimum absolute atomic E-state index is 0.0643. The quantitative estimate of drug-likeness (QED) is 0.0347. The van der Waals surface area contributed by atoms with Gasteiger partial charge >= 0.3 is 17.9 Å². The van der Waals surface area contributed by atoms with E-state index in [1.807, 2.05) is 0 Å². The van der Waals surface area contributed by atoms with E-state index >= 15 is 0 Å². The molecule has 0 fully saturated rings. The lowest BCUT2D eigenvalue weighted by atomic mass is 10.0. The summed E-state index contributed by atoms with van der Waals surface area (Å²) in [5, 5.41) is 0. The number of carbonyl (C=O) groups excluding carboxylic acids is 3. The fraction of sp³-hybridized carbons (Fsp3) is 0.940. The highest BCUT2D eigenvalue weighted by Gasteiger charge is 2.19. The lowest BCUT2D eigenvalue weighted by Gasteiger charge is -2.18. The van der Waals surface area contributed by atoms with Gasteiger partial charge in [0.15, 0.2) is 6.10 Å². The molecule has 0 rings (SSSR count). The molecule has 0 spiro atoms. The SMILES string of the molecule is CCCCCCCCCCCCCCCCCCCCCC(=O)OC[C@H](COC(=O)CCCCCCC)OC(=O)CCCCCCCCCCCCCC(C)C. The monoisotopic (exact) mass is 793 g/mol. The van der Waals surface area contributed by atoms with Crippen molar-refractivity contribution in [3.8, 4) is 0 Å². The minimum atomic E-state index is -0.758. The van der Waals surface area contributed by atoms with Gasteiger partial charge in [0.1, 0.15) is 13.2 Å². The van der Waals surface area contributed by atoms with Crippen molar-refractivity contribution in [1.82, 2.24) is 0 Å². The van der Waals surface area contributed by atoms with Crippen LogP contribution in [0.2, 0.25) is 0 Å². The molecule has 0 aliphatic rings. The summed E-state index contributed by atoms with van der Waals surface area (Å²) in [7, 11) is 0. The van der Waals surface area contributed by atoms with Gasteiger partial charge in [-0.25, -0.2) is 0 Å². The molecule has 0 aliphatic heterocycles. The van der Waals surface area contributed by atoms with E-state index in [2.05, 4.69) is 27.7 Å². The Morgan fingerprint density at radius 1 is 0.339 bits per heavy atom. The molecule has 6 nitrogen and oxygen atoms in total. The van der Waals surface area contributed by atoms with Gasteiger partial charge in [-0.2, -0.15) is 0 Å². The Hall–Kier alpha value is -1.59. The average molecular weight is 793 g/mol. The van der Waals surface area contributed by atoms with Crippen LogP contribution >= 0.6 is 0 Å². The largest absolute Gasteiger partial charge is 0.462 e. The first-order valence-electron chi connectivity index (χ1n) is 24.9. The third-order valence-corrected chi connectivity index (χ3v) is 11.3. The maximum atomic E-state index is 12.7. The summed E-state index contributed by atoms with van der Waals surface area (Å²) >= 11 is 0. The fourth-order valence-electron chi connectivity index (χ4n) is 7.51. The number of hydrogen-bond donors (Lipinski definition) is 0. The van der Waals surface area contributed by atoms with Crippen LogP contribution in [-0.4, -0.2) is 37.2 Å². The Labute approximate surface area is 348 Å². The molecule has 0 radical (unpaired) electrons. The van der Waals surface area contributed by atoms with Crippen LogP contribution in [0.5, 0.6) is 0 Å². The van der Waals surface area contributed by atoms with Crippen molar-refractivity contribution in [3.63, 3.8) is 0 Å². The summed E-state index contributed by atoms with van der Waals surface area (Å²) in [5.74, 6) is -0.0382. The van der Waals surface area contributed by atoms with Crippen LogP contribution in [0.3, 0.4) is 0 Å². The van der Waals surface area contributed by atoms with Crippen molar-refractivity contribution in [2.75, 3.05) is 13.2 Å². The maximum Gasteiger partial charge on any atom is 0.306 e. The van der Waals surface area contributed by atoms with Crippen LogP contribution in [0.15, 0.2) is 0 Å². The molecule has 0 N–H and O–H groups in total. The van der Waals surface area contributed by atoms with E-state index < -0.39 is 6.10 Å². The predicted octanol–water partition coefficient (Wildman–Crippen LogP) is 15.9. The van der Waals surface area contributed by atoms with Gasteiger partial charge in [-0.05, 0) is 25.2 Å². The van der Waals surface area contributed by atoms with E-state index in [0.29, 0.717) is 19.3 Å². The average Bonchev–Trinajstić information content (AvgIpc) is 3.18. The number of carbonyl (C=O) groups is 3. The highest BCUT2D eigenvalue weighted by atomic mass is 16.6. The minimum Gasteiger partial charge on any atom is -0.462 e. The topological polar surface area (TPSA) is 78.9 Å². The zero-order chi connectivity index (χ0) is 41.0. The third kappa shape index (κ3) is 43.5. The van der Waals surface area contributed by atoms with Gasteiger partial charge in [0.05, 0.1) is 0 Å². The molecule has 6 heteroatoms. The van der Waals surface area contributed by atoms with Crippen molar-refractivity contribution >= 4 is 17.9 Å². The van der Waals surface area contributed by atoms with E-state index in [1.165, 1.54) is 167 Å². The van der Waals surface area contributed by atoms with Gasteiger partial charge in [0.2, 0.25) is 0 Å². The molecule has 0 aromatic rings. The number of ether oxygens (including phenoxy) is 3. The first-order chi connectivity index (χ1) is 27.4. The Balaban J connectivity index is 4.10. The smallest absolute Gasteiger partial charge is 0.306 e. The first-order valence-corrected chi connectivity index (χ1v) is 24.9. The molecule has 0 amide bonds. The third-order valence-electron chi connectivity index (χ3n) is 11.3. The van der Waals surface area contributed by atoms with Crippen molar-refractivity contribution in [3.05, 3.63) is 0 Å². The molecule has 332 valence electrons. The number of rotatable bonds is 45. The van der Waals surface area contributed by atoms with Crippen LogP contribution in [0.4, 0.5) is 0 Å². The molecule has 0 bridgehead atoms. The van der Waals surface area contributed by atoms with E-state index in [0.717, 1.165) is 70.1 Å². The highest BCUT2D eigenvalue weighted by molar-refractivity contribution is 5.71. The Kier molecular flexibility index (Phi) is 43.2. The van der Waals surface area contributed by atoms with Crippen LogP contribution in [0.25, 0.3) is 0 Å². The van der Waals surface area contributed by atoms with Gasteiger partial charge in [0.25, 0.3) is 0 Å². The highest BCUT2D eigenvalue weighted by Crippen LogP contribution is 2.17. The van der Waals surface area contributed by atoms with E-state index in [-0.39, 0.29) is 31.1 Å². The normalized spacial score (nSPS) is 11.9. The molecule has 0 saturated carbocycles. The first kappa shape index (κ1) is 54.4. The molecule has 0 aromatic carbocycles. The van der Waals surface area contributed by atoms with Crippen molar-refractivity contribution in [1.29, 1.82) is 0 Å². The predicted molar refractivity (Wildman–Crippen MR) is 238 cm³/mol. The molecule has 56 heavy (non-hydrogen) atoms. The molecule has 0 aromatic heterocycles. The second kappa shape index (κ2) is 44.5. The Morgan fingerprint density at radius 2 is 0.589 bits per heavy atom. The summed E-state index contributed by atoms with van der Waals surface area (Å²) in [6, 6.07) is 0. The molecular formula is C50H96O6. The summed E-state index contributed by atoms with van der Waals surface area (Å²) in [4.78, 5) is 37.6. The summed E-state index contributed by atoms with van der Waals surface area (Å²) in [6.45, 7) is 8.93. The Bertz CT molecular complexity index is 841. The second-order valence-corrected chi connectivity index (χ2v) is 17.6. The lowest BCUT2D eigenvalue weighted by molar-refractivity contribution is -0.167. The van der Waals surface area contributed by atoms with Crippen molar-refractivity contribution < 1.29 is 28.6 Å². The van der Waals surface area contributed by atoms with Crippen LogP contribution in [0.1, 0.15) is 278 Å². The van der Waals surface area contributed by atoms with Gasteiger partial charge in [-0.15, -0.1) is 0 Å². The second-order valence-electron chi connectivity index (χ2n) is 17.6. The summed E-state index contributed by atoms with van der Waals surface area (Å²) in [5.41, 5.74) is 0. The maximum absolute atomic E-state index is 12.7. The number of hydrogen-bond acceptors (Lipinski definition) is 6. The number of esters is 3. The van der Waals surface area contributed by atoms with Crippen molar-refractivity contribution in [2.45, 2.75) is 284 Å². The molecule has 0 saturated heterocycles. The zero-order valence-corrected chi connectivity index (χ0v) is 38.1. The van der Waals surface area contributed by atoms with Crippen molar-refractivity contribution in [2.24, 2.45) is 5.92 Å². The molecule has 0 aliphatic carbocycles. The summed E-state index contributed by atoms with van der Waals surface area (Å²) in [6.07, 6.45) is 45.5. The molecule has 1 atom stereocenters. The Morgan fingerprint density at radius 3 is 0.875 bits per heavy atom. The lowest BCUT2D eigenvalue weighted by Crippen LogP contribution is -2.30. The van der Waals surface area contributed by atoms with Gasteiger partial charge in [0, 0.05) is 19.3 Å². The van der Waals surface area contributed by atoms with E-state index in [1.54, 1.807) is 0 Å². The summed E-state index contributed by atoms with van der Waals surface area (Å²) < 4.78 is 16.7. The van der Waals surface area contributed by atoms with Gasteiger partial charge < -0.3 is 14.2 Å². The number of unbranched alkanes of at least 4 members (excludes halogenated alkanes) is 32. The van der Waals surface area contributed by atoms with E-state index in [9.17, 15) is 14.4 Å². The van der Waals surface area contributed by atoms with Crippen LogP contribution in [-0.2, 0) is 28.6 Å². The van der Waals surface area contributed by atoms with Gasteiger partial charge in [-0.3, -0.25) is 14.4 Å². The standard InChI is InChI=1S/C50H96O6/c1-5-7-9-11-12-13-14-15-16-17-18-19-20-21-24-27-30-34-38-42-49(52)55-45-47(44-54-48(51)41-37-32-10-8-6-2)56-50(53)43-39-35-31-28-25-22-23-26-29-33-36-40-46(3)4/h46-47H,5-45H2,1-4H3/t47-/m0/s1.